The second-order valence-corrected chi connectivity index (χ2v) is 4.25. The summed E-state index contributed by atoms with van der Waals surface area (Å²) in [6.45, 7) is 2.05. The Morgan fingerprint density at radius 2 is 2.57 bits per heavy atom. The van der Waals surface area contributed by atoms with Gasteiger partial charge in [-0.1, -0.05) is 27.3 Å². The molecule has 78 valence electrons. The van der Waals surface area contributed by atoms with Gasteiger partial charge in [-0.3, -0.25) is 4.79 Å². The number of amides is 1. The summed E-state index contributed by atoms with van der Waals surface area (Å²) in [6, 6.07) is 0.212. The number of halogens is 1. The highest BCUT2D eigenvalue weighted by Gasteiger charge is 2.13. The molecule has 1 aromatic rings. The van der Waals surface area contributed by atoms with Crippen molar-refractivity contribution in [2.24, 2.45) is 0 Å². The molecule has 0 spiro atoms. The van der Waals surface area contributed by atoms with Gasteiger partial charge in [0.15, 0.2) is 5.69 Å². The van der Waals surface area contributed by atoms with E-state index in [1.165, 1.54) is 11.5 Å². The van der Waals surface area contributed by atoms with Crippen LogP contribution in [0.2, 0.25) is 0 Å². The van der Waals surface area contributed by atoms with Crippen molar-refractivity contribution < 1.29 is 4.79 Å². The van der Waals surface area contributed by atoms with Crippen molar-refractivity contribution in [2.45, 2.75) is 25.8 Å². The van der Waals surface area contributed by atoms with Gasteiger partial charge in [-0.05, 0) is 24.4 Å². The average Bonchev–Trinajstić information content (AvgIpc) is 2.69. The lowest BCUT2D eigenvalue weighted by Crippen LogP contribution is -2.34. The van der Waals surface area contributed by atoms with E-state index in [2.05, 4.69) is 30.8 Å². The Balaban J connectivity index is 2.47. The fourth-order valence-corrected chi connectivity index (χ4v) is 2.02. The number of aromatic nitrogens is 2. The van der Waals surface area contributed by atoms with Crippen LogP contribution in [0, 0.1) is 0 Å². The van der Waals surface area contributed by atoms with Crippen LogP contribution in [0.4, 0.5) is 0 Å². The normalized spacial score (nSPS) is 12.4. The lowest BCUT2D eigenvalue weighted by molar-refractivity contribution is 0.0930. The summed E-state index contributed by atoms with van der Waals surface area (Å²) in [5.74, 6) is -0.133. The van der Waals surface area contributed by atoms with E-state index in [0.29, 0.717) is 5.69 Å². The summed E-state index contributed by atoms with van der Waals surface area (Å²) in [6.07, 6.45) is 1.86. The first-order chi connectivity index (χ1) is 6.77. The van der Waals surface area contributed by atoms with E-state index < -0.39 is 0 Å². The molecule has 14 heavy (non-hydrogen) atoms. The molecule has 0 fully saturated rings. The Morgan fingerprint density at radius 3 is 3.07 bits per heavy atom. The molecule has 0 saturated carbocycles. The van der Waals surface area contributed by atoms with Crippen LogP contribution < -0.4 is 5.32 Å². The zero-order valence-corrected chi connectivity index (χ0v) is 10.3. The van der Waals surface area contributed by atoms with Crippen molar-refractivity contribution in [1.29, 1.82) is 0 Å². The van der Waals surface area contributed by atoms with E-state index in [-0.39, 0.29) is 11.9 Å². The van der Waals surface area contributed by atoms with Crippen LogP contribution in [0.3, 0.4) is 0 Å². The van der Waals surface area contributed by atoms with Gasteiger partial charge in [0.25, 0.3) is 5.91 Å². The quantitative estimate of drug-likeness (QED) is 0.836. The molecule has 1 unspecified atom stereocenters. The summed E-state index contributed by atoms with van der Waals surface area (Å²) < 4.78 is 3.64. The Morgan fingerprint density at radius 1 is 1.79 bits per heavy atom. The molecule has 0 aliphatic heterocycles. The van der Waals surface area contributed by atoms with Crippen LogP contribution >= 0.6 is 27.5 Å². The van der Waals surface area contributed by atoms with Crippen molar-refractivity contribution in [3.63, 3.8) is 0 Å². The lowest BCUT2D eigenvalue weighted by atomic mass is 10.2. The highest BCUT2D eigenvalue weighted by atomic mass is 79.9. The Kier molecular flexibility index (Phi) is 5.03. The third-order valence-corrected chi connectivity index (χ3v) is 2.84. The van der Waals surface area contributed by atoms with Gasteiger partial charge in [0.05, 0.1) is 0 Å². The molecule has 1 atom stereocenters. The number of rotatable bonds is 5. The summed E-state index contributed by atoms with van der Waals surface area (Å²) in [4.78, 5) is 11.5. The van der Waals surface area contributed by atoms with E-state index in [4.69, 9.17) is 0 Å². The second kappa shape index (κ2) is 6.08. The first kappa shape index (κ1) is 11.6. The average molecular weight is 278 g/mol. The van der Waals surface area contributed by atoms with Crippen molar-refractivity contribution in [3.05, 3.63) is 11.1 Å². The van der Waals surface area contributed by atoms with Gasteiger partial charge in [-0.2, -0.15) is 0 Å². The second-order valence-electron chi connectivity index (χ2n) is 2.85. The molecular formula is C8H12BrN3OS. The summed E-state index contributed by atoms with van der Waals surface area (Å²) in [7, 11) is 0. The predicted molar refractivity (Wildman–Crippen MR) is 59.9 cm³/mol. The molecule has 0 bridgehead atoms. The van der Waals surface area contributed by atoms with Crippen LogP contribution in [0.5, 0.6) is 0 Å². The van der Waals surface area contributed by atoms with Gasteiger partial charge < -0.3 is 5.32 Å². The van der Waals surface area contributed by atoms with Gasteiger partial charge in [-0.25, -0.2) is 0 Å². The Labute approximate surface area is 95.4 Å². The minimum absolute atomic E-state index is 0.133. The lowest BCUT2D eigenvalue weighted by Gasteiger charge is -2.14. The van der Waals surface area contributed by atoms with E-state index >= 15 is 0 Å². The maximum absolute atomic E-state index is 11.5. The largest absolute Gasteiger partial charge is 0.348 e. The molecule has 0 aromatic carbocycles. The van der Waals surface area contributed by atoms with Crippen molar-refractivity contribution in [1.82, 2.24) is 14.9 Å². The Bertz CT molecular complexity index is 278. The zero-order valence-electron chi connectivity index (χ0n) is 7.86. The topological polar surface area (TPSA) is 54.9 Å². The minimum atomic E-state index is -0.133. The van der Waals surface area contributed by atoms with Crippen LogP contribution in [0.1, 0.15) is 30.3 Å². The summed E-state index contributed by atoms with van der Waals surface area (Å²) in [5.41, 5.74) is 0.406. The first-order valence-corrected chi connectivity index (χ1v) is 6.37. The van der Waals surface area contributed by atoms with E-state index in [1.807, 2.05) is 6.92 Å². The number of hydrogen-bond acceptors (Lipinski definition) is 4. The molecule has 0 aliphatic rings. The highest BCUT2D eigenvalue weighted by Crippen LogP contribution is 2.03. The number of carbonyl (C=O) groups excluding carboxylic acids is 1. The third kappa shape index (κ3) is 3.34. The van der Waals surface area contributed by atoms with Gasteiger partial charge in [0.2, 0.25) is 0 Å². The molecule has 1 heterocycles. The fraction of sp³-hybridized carbons (Fsp3) is 0.625. The number of alkyl halides is 1. The smallest absolute Gasteiger partial charge is 0.272 e. The number of hydrogen-bond donors (Lipinski definition) is 1. The van der Waals surface area contributed by atoms with Crippen LogP contribution in [-0.2, 0) is 0 Å². The van der Waals surface area contributed by atoms with Crippen molar-refractivity contribution in [2.75, 3.05) is 5.33 Å². The SMILES string of the molecule is CCC(CCBr)NC(=O)c1csnn1. The van der Waals surface area contributed by atoms with Gasteiger partial charge >= 0.3 is 0 Å². The summed E-state index contributed by atoms with van der Waals surface area (Å²) >= 11 is 4.54. The molecule has 0 saturated heterocycles. The minimum Gasteiger partial charge on any atom is -0.348 e. The van der Waals surface area contributed by atoms with E-state index in [0.717, 1.165) is 18.2 Å². The number of nitrogens with zero attached hydrogens (tertiary/aromatic N) is 2. The Hall–Kier alpha value is -0.490. The van der Waals surface area contributed by atoms with Gasteiger partial charge in [-0.15, -0.1) is 5.10 Å². The van der Waals surface area contributed by atoms with Crippen LogP contribution in [0.25, 0.3) is 0 Å². The van der Waals surface area contributed by atoms with Gasteiger partial charge in [0, 0.05) is 16.8 Å². The zero-order chi connectivity index (χ0) is 10.4. The van der Waals surface area contributed by atoms with E-state index in [1.54, 1.807) is 5.38 Å². The van der Waals surface area contributed by atoms with E-state index in [9.17, 15) is 4.79 Å². The third-order valence-electron chi connectivity index (χ3n) is 1.88. The number of carbonyl (C=O) groups is 1. The summed E-state index contributed by atoms with van der Waals surface area (Å²) in [5, 5.41) is 9.15. The molecule has 0 aliphatic carbocycles. The molecule has 1 N–H and O–H groups in total. The number of nitrogens with one attached hydrogen (secondary N) is 1. The molecule has 1 amide bonds. The molecule has 4 nitrogen and oxygen atoms in total. The molecule has 6 heteroatoms. The van der Waals surface area contributed by atoms with Crippen molar-refractivity contribution >= 4 is 33.4 Å². The maximum Gasteiger partial charge on any atom is 0.272 e. The highest BCUT2D eigenvalue weighted by molar-refractivity contribution is 9.09. The molecule has 1 aromatic heterocycles. The monoisotopic (exact) mass is 277 g/mol. The van der Waals surface area contributed by atoms with Crippen LogP contribution in [-0.4, -0.2) is 26.9 Å². The molecule has 0 radical (unpaired) electrons. The van der Waals surface area contributed by atoms with Gasteiger partial charge in [0.1, 0.15) is 0 Å². The fourth-order valence-electron chi connectivity index (χ4n) is 1.03. The first-order valence-electron chi connectivity index (χ1n) is 4.41. The molecule has 1 rings (SSSR count). The maximum atomic E-state index is 11.5. The standard InChI is InChI=1S/C8H12BrN3OS/c1-2-6(3-4-9)10-8(13)7-5-14-12-11-7/h5-6H,2-4H2,1H3,(H,10,13). The predicted octanol–water partition coefficient (Wildman–Crippen LogP) is 1.83. The van der Waals surface area contributed by atoms with Crippen LogP contribution in [0.15, 0.2) is 5.38 Å². The van der Waals surface area contributed by atoms with Crippen molar-refractivity contribution in [3.8, 4) is 0 Å². The molecular weight excluding hydrogens is 266 g/mol.